The van der Waals surface area contributed by atoms with Gasteiger partial charge in [0, 0.05) is 29.8 Å². The number of phenols is 1. The first-order chi connectivity index (χ1) is 11.8. The maximum atomic E-state index is 10.4. The van der Waals surface area contributed by atoms with Crippen LogP contribution in [0.1, 0.15) is 5.56 Å². The van der Waals surface area contributed by atoms with Gasteiger partial charge in [0.05, 0.1) is 5.69 Å². The fourth-order valence-corrected chi connectivity index (χ4v) is 2.39. The highest BCUT2D eigenvalue weighted by Gasteiger charge is 2.12. The van der Waals surface area contributed by atoms with Gasteiger partial charge in [0.2, 0.25) is 0 Å². The Morgan fingerprint density at radius 3 is 2.16 bits per heavy atom. The predicted molar refractivity (Wildman–Crippen MR) is 108 cm³/mol. The number of para-hydroxylation sites is 2. The molecule has 0 radical (unpaired) electrons. The minimum Gasteiger partial charge on any atom is -0.505 e. The molecule has 0 aliphatic heterocycles. The van der Waals surface area contributed by atoms with Gasteiger partial charge in [0.1, 0.15) is 5.69 Å². The standard InChI is InChI=1S/C18H20BrN5O/c1-11(24(2)3)12-7-6-10-15(16(12)25)23-18(21)17(20)22-14-9-5-4-8-13(14)19/h4-10,25H,1H2,2-3H3,(H2,20,22)(H2,21,23). The van der Waals surface area contributed by atoms with Crippen LogP contribution in [-0.2, 0) is 0 Å². The fourth-order valence-electron chi connectivity index (χ4n) is 2.01. The number of halogens is 1. The van der Waals surface area contributed by atoms with Crippen LogP contribution in [0.2, 0.25) is 0 Å². The van der Waals surface area contributed by atoms with Gasteiger partial charge in [0.15, 0.2) is 17.4 Å². The van der Waals surface area contributed by atoms with Gasteiger partial charge in [-0.25, -0.2) is 9.98 Å². The van der Waals surface area contributed by atoms with Gasteiger partial charge >= 0.3 is 0 Å². The van der Waals surface area contributed by atoms with Crippen molar-refractivity contribution in [2.45, 2.75) is 0 Å². The van der Waals surface area contributed by atoms with E-state index in [9.17, 15) is 5.11 Å². The second-order valence-corrected chi connectivity index (χ2v) is 6.31. The van der Waals surface area contributed by atoms with Crippen LogP contribution in [-0.4, -0.2) is 35.8 Å². The summed E-state index contributed by atoms with van der Waals surface area (Å²) in [5, 5.41) is 10.4. The molecule has 2 rings (SSSR count). The summed E-state index contributed by atoms with van der Waals surface area (Å²) in [6, 6.07) is 12.5. The lowest BCUT2D eigenvalue weighted by Crippen LogP contribution is -2.30. The highest BCUT2D eigenvalue weighted by Crippen LogP contribution is 2.34. The number of aliphatic imine (C=N–C) groups is 2. The largest absolute Gasteiger partial charge is 0.505 e. The third kappa shape index (κ3) is 4.39. The van der Waals surface area contributed by atoms with E-state index < -0.39 is 0 Å². The number of nitrogens with zero attached hydrogens (tertiary/aromatic N) is 3. The molecule has 0 bridgehead atoms. The monoisotopic (exact) mass is 401 g/mol. The number of rotatable bonds is 4. The number of nitrogens with two attached hydrogens (primary N) is 2. The molecule has 0 aromatic heterocycles. The van der Waals surface area contributed by atoms with Crippen LogP contribution in [0.25, 0.3) is 5.70 Å². The van der Waals surface area contributed by atoms with E-state index in [1.165, 1.54) is 0 Å². The number of amidine groups is 2. The van der Waals surface area contributed by atoms with Crippen molar-refractivity contribution in [3.05, 3.63) is 59.1 Å². The normalized spacial score (nSPS) is 12.1. The zero-order valence-corrected chi connectivity index (χ0v) is 15.7. The van der Waals surface area contributed by atoms with Gasteiger partial charge in [-0.1, -0.05) is 24.8 Å². The summed E-state index contributed by atoms with van der Waals surface area (Å²) in [4.78, 5) is 10.3. The summed E-state index contributed by atoms with van der Waals surface area (Å²) in [6.07, 6.45) is 0. The molecule has 0 saturated carbocycles. The van der Waals surface area contributed by atoms with E-state index >= 15 is 0 Å². The lowest BCUT2D eigenvalue weighted by molar-refractivity contribution is 0.471. The highest BCUT2D eigenvalue weighted by atomic mass is 79.9. The second kappa shape index (κ2) is 7.85. The molecular formula is C18H20BrN5O. The molecule has 0 amide bonds. The van der Waals surface area contributed by atoms with Gasteiger partial charge in [0.25, 0.3) is 0 Å². The SMILES string of the molecule is C=C(c1cccc(N=C(N)C(N)=Nc2ccccc2Br)c1O)N(C)C. The zero-order valence-electron chi connectivity index (χ0n) is 14.1. The number of hydrogen-bond acceptors (Lipinski definition) is 4. The smallest absolute Gasteiger partial charge is 0.166 e. The Balaban J connectivity index is 2.38. The minimum atomic E-state index is -0.0159. The van der Waals surface area contributed by atoms with E-state index in [1.54, 1.807) is 29.2 Å². The molecule has 0 saturated heterocycles. The number of benzene rings is 2. The average Bonchev–Trinajstić information content (AvgIpc) is 2.58. The molecule has 0 atom stereocenters. The van der Waals surface area contributed by atoms with Crippen LogP contribution < -0.4 is 11.5 Å². The quantitative estimate of drug-likeness (QED) is 0.539. The average molecular weight is 402 g/mol. The molecule has 130 valence electrons. The number of aromatic hydroxyl groups is 1. The Morgan fingerprint density at radius 2 is 1.56 bits per heavy atom. The van der Waals surface area contributed by atoms with Crippen LogP contribution in [0.3, 0.4) is 0 Å². The van der Waals surface area contributed by atoms with Gasteiger partial charge in [-0.3, -0.25) is 0 Å². The molecule has 0 spiro atoms. The van der Waals surface area contributed by atoms with Crippen molar-refractivity contribution >= 4 is 44.7 Å². The van der Waals surface area contributed by atoms with Crippen LogP contribution in [0, 0.1) is 0 Å². The molecular weight excluding hydrogens is 382 g/mol. The molecule has 25 heavy (non-hydrogen) atoms. The maximum absolute atomic E-state index is 10.4. The third-order valence-corrected chi connectivity index (χ3v) is 4.13. The van der Waals surface area contributed by atoms with E-state index in [-0.39, 0.29) is 17.4 Å². The first-order valence-electron chi connectivity index (χ1n) is 7.43. The Kier molecular flexibility index (Phi) is 5.82. The van der Waals surface area contributed by atoms with Crippen molar-refractivity contribution in [1.82, 2.24) is 4.90 Å². The lowest BCUT2D eigenvalue weighted by atomic mass is 10.1. The Hall–Kier alpha value is -2.80. The molecule has 0 aliphatic rings. The maximum Gasteiger partial charge on any atom is 0.166 e. The molecule has 0 fully saturated rings. The van der Waals surface area contributed by atoms with Crippen molar-refractivity contribution in [3.8, 4) is 5.75 Å². The van der Waals surface area contributed by atoms with Crippen molar-refractivity contribution in [3.63, 3.8) is 0 Å². The molecule has 2 aromatic rings. The second-order valence-electron chi connectivity index (χ2n) is 5.46. The zero-order chi connectivity index (χ0) is 18.6. The van der Waals surface area contributed by atoms with Crippen LogP contribution in [0.15, 0.2) is 63.5 Å². The molecule has 2 aromatic carbocycles. The fraction of sp³-hybridized carbons (Fsp3) is 0.111. The summed E-state index contributed by atoms with van der Waals surface area (Å²) >= 11 is 3.39. The Bertz CT molecular complexity index is 858. The van der Waals surface area contributed by atoms with Gasteiger partial charge < -0.3 is 21.5 Å². The summed E-state index contributed by atoms with van der Waals surface area (Å²) in [5.74, 6) is 0.0552. The van der Waals surface area contributed by atoms with Crippen molar-refractivity contribution < 1.29 is 5.11 Å². The molecule has 0 unspecified atom stereocenters. The van der Waals surface area contributed by atoms with Crippen molar-refractivity contribution in [1.29, 1.82) is 0 Å². The van der Waals surface area contributed by atoms with E-state index in [0.717, 1.165) is 4.47 Å². The first-order valence-corrected chi connectivity index (χ1v) is 8.22. The predicted octanol–water partition coefficient (Wildman–Crippen LogP) is 3.36. The van der Waals surface area contributed by atoms with E-state index in [1.807, 2.05) is 32.3 Å². The Labute approximate surface area is 155 Å². The van der Waals surface area contributed by atoms with E-state index in [4.69, 9.17) is 11.5 Å². The molecule has 6 nitrogen and oxygen atoms in total. The van der Waals surface area contributed by atoms with E-state index in [0.29, 0.717) is 22.6 Å². The topological polar surface area (TPSA) is 100 Å². The molecule has 5 N–H and O–H groups in total. The van der Waals surface area contributed by atoms with Crippen LogP contribution in [0.5, 0.6) is 5.75 Å². The summed E-state index contributed by atoms with van der Waals surface area (Å²) in [7, 11) is 3.68. The highest BCUT2D eigenvalue weighted by molar-refractivity contribution is 9.10. The Morgan fingerprint density at radius 1 is 1.00 bits per heavy atom. The molecule has 0 heterocycles. The van der Waals surface area contributed by atoms with Gasteiger partial charge in [-0.05, 0) is 40.2 Å². The molecule has 7 heteroatoms. The minimum absolute atomic E-state index is 0.0127. The third-order valence-electron chi connectivity index (χ3n) is 3.46. The van der Waals surface area contributed by atoms with Gasteiger partial charge in [-0.15, -0.1) is 0 Å². The van der Waals surface area contributed by atoms with Crippen LogP contribution >= 0.6 is 15.9 Å². The van der Waals surface area contributed by atoms with Crippen molar-refractivity contribution in [2.24, 2.45) is 21.5 Å². The van der Waals surface area contributed by atoms with Crippen LogP contribution in [0.4, 0.5) is 11.4 Å². The summed E-state index contributed by atoms with van der Waals surface area (Å²) < 4.78 is 0.790. The van der Waals surface area contributed by atoms with E-state index in [2.05, 4.69) is 32.5 Å². The van der Waals surface area contributed by atoms with Crippen molar-refractivity contribution in [2.75, 3.05) is 14.1 Å². The summed E-state index contributed by atoms with van der Waals surface area (Å²) in [6.45, 7) is 3.94. The lowest BCUT2D eigenvalue weighted by Gasteiger charge is -2.17. The summed E-state index contributed by atoms with van der Waals surface area (Å²) in [5.41, 5.74) is 14.0. The number of phenolic OH excluding ortho intramolecular Hbond substituents is 1. The number of hydrogen-bond donors (Lipinski definition) is 3. The first kappa shape index (κ1) is 18.5. The van der Waals surface area contributed by atoms with Gasteiger partial charge in [-0.2, -0.15) is 0 Å². The molecule has 0 aliphatic carbocycles.